The van der Waals surface area contributed by atoms with E-state index in [-0.39, 0.29) is 5.91 Å². The summed E-state index contributed by atoms with van der Waals surface area (Å²) >= 11 is 0. The van der Waals surface area contributed by atoms with Crippen LogP contribution in [0.5, 0.6) is 0 Å². The Hall–Kier alpha value is -2.53. The van der Waals surface area contributed by atoms with Crippen LogP contribution in [0.1, 0.15) is 33.9 Å². The van der Waals surface area contributed by atoms with E-state index in [0.717, 1.165) is 61.1 Å². The third-order valence-corrected chi connectivity index (χ3v) is 5.13. The van der Waals surface area contributed by atoms with Crippen molar-refractivity contribution in [2.75, 3.05) is 26.2 Å². The summed E-state index contributed by atoms with van der Waals surface area (Å²) in [7, 11) is 0. The number of aryl methyl sites for hydroxylation is 4. The molecule has 5 heteroatoms. The van der Waals surface area contributed by atoms with E-state index in [2.05, 4.69) is 28.9 Å². The molecule has 0 N–H and O–H groups in total. The molecular weight excluding hydrogens is 336 g/mol. The highest BCUT2D eigenvalue weighted by atomic mass is 16.2. The number of aromatic nitrogens is 2. The lowest BCUT2D eigenvalue weighted by molar-refractivity contribution is -0.127. The number of rotatable bonds is 4. The lowest BCUT2D eigenvalue weighted by Crippen LogP contribution is -2.48. The fourth-order valence-electron chi connectivity index (χ4n) is 3.20. The van der Waals surface area contributed by atoms with Gasteiger partial charge in [0.1, 0.15) is 0 Å². The fraction of sp³-hybridized carbons (Fsp3) is 0.409. The molecule has 0 atom stereocenters. The van der Waals surface area contributed by atoms with Crippen molar-refractivity contribution in [3.63, 3.8) is 0 Å². The van der Waals surface area contributed by atoms with Gasteiger partial charge in [0.25, 0.3) is 0 Å². The van der Waals surface area contributed by atoms with Crippen LogP contribution in [-0.2, 0) is 11.3 Å². The van der Waals surface area contributed by atoms with Gasteiger partial charge in [-0.15, -0.1) is 0 Å². The number of benzene rings is 1. The minimum absolute atomic E-state index is 0.0809. The third-order valence-electron chi connectivity index (χ3n) is 5.13. The summed E-state index contributed by atoms with van der Waals surface area (Å²) in [5, 5.41) is 0. The van der Waals surface area contributed by atoms with E-state index in [1.165, 1.54) is 5.56 Å². The second-order valence-corrected chi connectivity index (χ2v) is 7.27. The minimum atomic E-state index is 0.0809. The Labute approximate surface area is 161 Å². The lowest BCUT2D eigenvalue weighted by Gasteiger charge is -2.34. The Morgan fingerprint density at radius 3 is 2.22 bits per heavy atom. The van der Waals surface area contributed by atoms with Crippen molar-refractivity contribution in [2.24, 2.45) is 0 Å². The van der Waals surface area contributed by atoms with E-state index in [1.54, 1.807) is 6.08 Å². The summed E-state index contributed by atoms with van der Waals surface area (Å²) in [4.78, 5) is 26.0. The topological polar surface area (TPSA) is 49.3 Å². The first-order chi connectivity index (χ1) is 12.9. The van der Waals surface area contributed by atoms with E-state index >= 15 is 0 Å². The second-order valence-electron chi connectivity index (χ2n) is 7.27. The third kappa shape index (κ3) is 5.01. The van der Waals surface area contributed by atoms with Crippen LogP contribution in [0.2, 0.25) is 0 Å². The summed E-state index contributed by atoms with van der Waals surface area (Å²) in [6.07, 6.45) is 3.57. The molecule has 5 nitrogen and oxygen atoms in total. The number of amides is 1. The van der Waals surface area contributed by atoms with E-state index in [1.807, 2.05) is 43.9 Å². The van der Waals surface area contributed by atoms with Gasteiger partial charge in [-0.1, -0.05) is 29.8 Å². The van der Waals surface area contributed by atoms with Crippen LogP contribution in [0.4, 0.5) is 0 Å². The largest absolute Gasteiger partial charge is 0.337 e. The molecule has 2 heterocycles. The molecule has 27 heavy (non-hydrogen) atoms. The van der Waals surface area contributed by atoms with Gasteiger partial charge in [-0.2, -0.15) is 0 Å². The first-order valence-corrected chi connectivity index (χ1v) is 9.49. The highest BCUT2D eigenvalue weighted by molar-refractivity contribution is 5.91. The van der Waals surface area contributed by atoms with Crippen LogP contribution in [0.25, 0.3) is 6.08 Å². The molecule has 0 saturated carbocycles. The van der Waals surface area contributed by atoms with Gasteiger partial charge in [-0.25, -0.2) is 0 Å². The Bertz CT molecular complexity index is 834. The minimum Gasteiger partial charge on any atom is -0.337 e. The van der Waals surface area contributed by atoms with Gasteiger partial charge < -0.3 is 4.90 Å². The smallest absolute Gasteiger partial charge is 0.246 e. The summed E-state index contributed by atoms with van der Waals surface area (Å²) in [6, 6.07) is 8.18. The first kappa shape index (κ1) is 19.2. The molecule has 3 rings (SSSR count). The van der Waals surface area contributed by atoms with Crippen LogP contribution in [0.15, 0.2) is 30.3 Å². The van der Waals surface area contributed by atoms with Gasteiger partial charge in [0.15, 0.2) is 0 Å². The van der Waals surface area contributed by atoms with Gasteiger partial charge in [-0.3, -0.25) is 19.7 Å². The van der Waals surface area contributed by atoms with Gasteiger partial charge in [0.2, 0.25) is 5.91 Å². The molecule has 0 aliphatic carbocycles. The van der Waals surface area contributed by atoms with Crippen molar-refractivity contribution in [2.45, 2.75) is 34.2 Å². The lowest BCUT2D eigenvalue weighted by atomic mass is 10.1. The molecule has 1 fully saturated rings. The molecule has 1 aliphatic rings. The molecule has 142 valence electrons. The zero-order valence-electron chi connectivity index (χ0n) is 16.7. The molecule has 0 unspecified atom stereocenters. The number of piperazine rings is 1. The monoisotopic (exact) mass is 364 g/mol. The Balaban J connectivity index is 1.53. The number of carbonyl (C=O) groups is 1. The van der Waals surface area contributed by atoms with Crippen molar-refractivity contribution in [1.82, 2.24) is 19.8 Å². The van der Waals surface area contributed by atoms with Crippen LogP contribution in [0, 0.1) is 27.7 Å². The van der Waals surface area contributed by atoms with Gasteiger partial charge in [0, 0.05) is 38.8 Å². The molecular formula is C22H28N4O. The molecule has 2 aromatic rings. The van der Waals surface area contributed by atoms with E-state index < -0.39 is 0 Å². The fourth-order valence-corrected chi connectivity index (χ4v) is 3.20. The highest BCUT2D eigenvalue weighted by Gasteiger charge is 2.20. The van der Waals surface area contributed by atoms with Crippen molar-refractivity contribution < 1.29 is 4.79 Å². The first-order valence-electron chi connectivity index (χ1n) is 9.49. The standard InChI is InChI=1S/C22H28N4O/c1-16-5-7-20(8-6-16)9-10-22(27)26-13-11-25(12-14-26)15-21-19(4)23-17(2)18(3)24-21/h5-10H,11-15H2,1-4H3/b10-9+. The molecule has 1 aliphatic heterocycles. The average Bonchev–Trinajstić information content (AvgIpc) is 2.66. The average molecular weight is 364 g/mol. The normalized spacial score (nSPS) is 15.5. The Kier molecular flexibility index (Phi) is 6.01. The summed E-state index contributed by atoms with van der Waals surface area (Å²) in [5.41, 5.74) is 6.29. The summed E-state index contributed by atoms with van der Waals surface area (Å²) in [5.74, 6) is 0.0809. The molecule has 1 aromatic heterocycles. The molecule has 1 saturated heterocycles. The maximum Gasteiger partial charge on any atom is 0.246 e. The number of hydrogen-bond donors (Lipinski definition) is 0. The van der Waals surface area contributed by atoms with Crippen LogP contribution in [0.3, 0.4) is 0 Å². The molecule has 0 radical (unpaired) electrons. The van der Waals surface area contributed by atoms with Crippen molar-refractivity contribution in [3.05, 3.63) is 64.2 Å². The van der Waals surface area contributed by atoms with E-state index in [4.69, 9.17) is 4.98 Å². The number of hydrogen-bond acceptors (Lipinski definition) is 4. The summed E-state index contributed by atoms with van der Waals surface area (Å²) in [6.45, 7) is 12.1. The van der Waals surface area contributed by atoms with Crippen LogP contribution >= 0.6 is 0 Å². The highest BCUT2D eigenvalue weighted by Crippen LogP contribution is 2.12. The van der Waals surface area contributed by atoms with Crippen molar-refractivity contribution >= 4 is 12.0 Å². The Morgan fingerprint density at radius 1 is 0.926 bits per heavy atom. The maximum absolute atomic E-state index is 12.4. The van der Waals surface area contributed by atoms with Crippen molar-refractivity contribution in [1.29, 1.82) is 0 Å². The van der Waals surface area contributed by atoms with Gasteiger partial charge in [0.05, 0.1) is 22.8 Å². The zero-order chi connectivity index (χ0) is 19.4. The van der Waals surface area contributed by atoms with Gasteiger partial charge >= 0.3 is 0 Å². The van der Waals surface area contributed by atoms with Crippen LogP contribution in [-0.4, -0.2) is 51.9 Å². The summed E-state index contributed by atoms with van der Waals surface area (Å²) < 4.78 is 0. The quantitative estimate of drug-likeness (QED) is 0.783. The maximum atomic E-state index is 12.4. The molecule has 1 amide bonds. The van der Waals surface area contributed by atoms with E-state index in [9.17, 15) is 4.79 Å². The number of carbonyl (C=O) groups excluding carboxylic acids is 1. The molecule has 1 aromatic carbocycles. The van der Waals surface area contributed by atoms with Crippen LogP contribution < -0.4 is 0 Å². The molecule has 0 spiro atoms. The predicted molar refractivity (Wildman–Crippen MR) is 108 cm³/mol. The number of nitrogens with zero attached hydrogens (tertiary/aromatic N) is 4. The SMILES string of the molecule is Cc1ccc(/C=C/C(=O)N2CCN(Cc3nc(C)c(C)nc3C)CC2)cc1. The zero-order valence-corrected chi connectivity index (χ0v) is 16.7. The Morgan fingerprint density at radius 2 is 1.56 bits per heavy atom. The van der Waals surface area contributed by atoms with Gasteiger partial charge in [-0.05, 0) is 39.3 Å². The van der Waals surface area contributed by atoms with Crippen molar-refractivity contribution in [3.8, 4) is 0 Å². The second kappa shape index (κ2) is 8.44. The molecule has 0 bridgehead atoms. The predicted octanol–water partition coefficient (Wildman–Crippen LogP) is 3.07. The van der Waals surface area contributed by atoms with E-state index in [0.29, 0.717) is 0 Å².